The van der Waals surface area contributed by atoms with Crippen LogP contribution in [0, 0.1) is 0 Å². The number of rotatable bonds is 2. The van der Waals surface area contributed by atoms with E-state index in [0.29, 0.717) is 11.2 Å². The van der Waals surface area contributed by atoms with Gasteiger partial charge in [-0.1, -0.05) is 18.2 Å². The summed E-state index contributed by atoms with van der Waals surface area (Å²) in [6.07, 6.45) is 3.39. The minimum absolute atomic E-state index is 0.441. The fourth-order valence-electron chi connectivity index (χ4n) is 1.33. The maximum Gasteiger partial charge on any atom is 0.490 e. The van der Waals surface area contributed by atoms with Gasteiger partial charge in [-0.15, -0.1) is 0 Å². The first-order valence-corrected chi connectivity index (χ1v) is 4.24. The Morgan fingerprint density at radius 3 is 2.57 bits per heavy atom. The van der Waals surface area contributed by atoms with Crippen molar-refractivity contribution in [2.24, 2.45) is 0 Å². The van der Waals surface area contributed by atoms with Crippen molar-refractivity contribution in [3.05, 3.63) is 42.7 Å². The van der Waals surface area contributed by atoms with Crippen LogP contribution in [0.2, 0.25) is 0 Å². The molecule has 70 valence electrons. The van der Waals surface area contributed by atoms with E-state index in [1.165, 1.54) is 0 Å². The largest absolute Gasteiger partial charge is 0.490 e. The van der Waals surface area contributed by atoms with Crippen LogP contribution in [0.5, 0.6) is 0 Å². The predicted octanol–water partition coefficient (Wildman–Crippen LogP) is -0.448. The molecule has 2 N–H and O–H groups in total. The quantitative estimate of drug-likeness (QED) is 0.627. The molecule has 0 saturated carbocycles. The van der Waals surface area contributed by atoms with E-state index in [0.717, 1.165) is 0 Å². The van der Waals surface area contributed by atoms with Crippen LogP contribution in [-0.4, -0.2) is 26.9 Å². The Kier molecular flexibility index (Phi) is 2.34. The van der Waals surface area contributed by atoms with E-state index >= 15 is 0 Å². The number of para-hydroxylation sites is 1. The molecular formula is C9H9BN2O2. The summed E-state index contributed by atoms with van der Waals surface area (Å²) in [4.78, 5) is 0. The molecule has 1 heterocycles. The zero-order valence-corrected chi connectivity index (χ0v) is 7.41. The summed E-state index contributed by atoms with van der Waals surface area (Å²) < 4.78 is 1.59. The zero-order chi connectivity index (χ0) is 9.97. The third kappa shape index (κ3) is 1.55. The van der Waals surface area contributed by atoms with E-state index in [2.05, 4.69) is 5.10 Å². The normalized spacial score (nSPS) is 10.1. The summed E-state index contributed by atoms with van der Waals surface area (Å²) in [5.74, 6) is 0. The van der Waals surface area contributed by atoms with Crippen molar-refractivity contribution >= 4 is 12.6 Å². The first-order chi connectivity index (χ1) is 6.79. The molecule has 1 aromatic heterocycles. The predicted molar refractivity (Wildman–Crippen MR) is 53.4 cm³/mol. The van der Waals surface area contributed by atoms with Crippen LogP contribution in [0.1, 0.15) is 0 Å². The number of hydrogen-bond donors (Lipinski definition) is 2. The third-order valence-corrected chi connectivity index (χ3v) is 1.97. The highest BCUT2D eigenvalue weighted by Crippen LogP contribution is 2.02. The van der Waals surface area contributed by atoms with Gasteiger partial charge in [0, 0.05) is 17.9 Å². The van der Waals surface area contributed by atoms with E-state index in [4.69, 9.17) is 10.0 Å². The fraction of sp³-hybridized carbons (Fsp3) is 0. The van der Waals surface area contributed by atoms with Crippen LogP contribution in [0.3, 0.4) is 0 Å². The molecular weight excluding hydrogens is 179 g/mol. The van der Waals surface area contributed by atoms with Gasteiger partial charge in [0.25, 0.3) is 0 Å². The van der Waals surface area contributed by atoms with Gasteiger partial charge in [-0.05, 0) is 12.1 Å². The summed E-state index contributed by atoms with van der Waals surface area (Å²) >= 11 is 0. The summed E-state index contributed by atoms with van der Waals surface area (Å²) in [6.45, 7) is 0. The van der Waals surface area contributed by atoms with Gasteiger partial charge < -0.3 is 10.0 Å². The summed E-state index contributed by atoms with van der Waals surface area (Å²) in [6, 6.07) is 8.79. The van der Waals surface area contributed by atoms with Gasteiger partial charge in [-0.25, -0.2) is 4.68 Å². The SMILES string of the molecule is OB(O)c1ccccc1-n1cccn1. The monoisotopic (exact) mass is 188 g/mol. The van der Waals surface area contributed by atoms with Gasteiger partial charge in [0.1, 0.15) is 0 Å². The minimum atomic E-state index is -1.48. The molecule has 0 amide bonds. The zero-order valence-electron chi connectivity index (χ0n) is 7.41. The lowest BCUT2D eigenvalue weighted by molar-refractivity contribution is 0.425. The van der Waals surface area contributed by atoms with Gasteiger partial charge in [0.05, 0.1) is 5.69 Å². The van der Waals surface area contributed by atoms with Gasteiger partial charge in [0.2, 0.25) is 0 Å². The molecule has 0 aliphatic heterocycles. The van der Waals surface area contributed by atoms with Crippen LogP contribution < -0.4 is 5.46 Å². The average molecular weight is 188 g/mol. The summed E-state index contributed by atoms with van der Waals surface area (Å²) in [5.41, 5.74) is 1.11. The Balaban J connectivity index is 2.53. The molecule has 0 radical (unpaired) electrons. The Morgan fingerprint density at radius 2 is 1.93 bits per heavy atom. The van der Waals surface area contributed by atoms with Crippen molar-refractivity contribution in [2.75, 3.05) is 0 Å². The third-order valence-electron chi connectivity index (χ3n) is 1.97. The van der Waals surface area contributed by atoms with Crippen LogP contribution in [-0.2, 0) is 0 Å². The van der Waals surface area contributed by atoms with Crippen molar-refractivity contribution in [1.82, 2.24) is 9.78 Å². The first kappa shape index (κ1) is 8.99. The number of aromatic nitrogens is 2. The Hall–Kier alpha value is -1.59. The summed E-state index contributed by atoms with van der Waals surface area (Å²) in [5, 5.41) is 22.3. The summed E-state index contributed by atoms with van der Waals surface area (Å²) in [7, 11) is -1.48. The van der Waals surface area contributed by atoms with Crippen molar-refractivity contribution in [3.63, 3.8) is 0 Å². The van der Waals surface area contributed by atoms with E-state index in [-0.39, 0.29) is 0 Å². The molecule has 0 unspecified atom stereocenters. The Morgan fingerprint density at radius 1 is 1.14 bits per heavy atom. The molecule has 5 heteroatoms. The molecule has 0 saturated heterocycles. The van der Waals surface area contributed by atoms with Crippen LogP contribution in [0.4, 0.5) is 0 Å². The molecule has 4 nitrogen and oxygen atoms in total. The second-order valence-electron chi connectivity index (χ2n) is 2.88. The van der Waals surface area contributed by atoms with Crippen LogP contribution in [0.25, 0.3) is 5.69 Å². The highest BCUT2D eigenvalue weighted by molar-refractivity contribution is 6.60. The molecule has 0 fully saturated rings. The van der Waals surface area contributed by atoms with Crippen molar-refractivity contribution in [2.45, 2.75) is 0 Å². The Bertz CT molecular complexity index is 415. The standard InChI is InChI=1S/C9H9BN2O2/c13-10(14)8-4-1-2-5-9(8)12-7-3-6-11-12/h1-7,13-14H. The molecule has 0 atom stereocenters. The van der Waals surface area contributed by atoms with E-state index in [1.54, 1.807) is 41.3 Å². The van der Waals surface area contributed by atoms with E-state index < -0.39 is 7.12 Å². The first-order valence-electron chi connectivity index (χ1n) is 4.24. The van der Waals surface area contributed by atoms with Gasteiger partial charge in [-0.3, -0.25) is 0 Å². The molecule has 0 aliphatic carbocycles. The molecule has 14 heavy (non-hydrogen) atoms. The van der Waals surface area contributed by atoms with Crippen LogP contribution in [0.15, 0.2) is 42.7 Å². The average Bonchev–Trinajstić information content (AvgIpc) is 2.70. The highest BCUT2D eigenvalue weighted by atomic mass is 16.4. The number of benzene rings is 1. The van der Waals surface area contributed by atoms with E-state index in [1.807, 2.05) is 6.07 Å². The van der Waals surface area contributed by atoms with Crippen molar-refractivity contribution in [1.29, 1.82) is 0 Å². The maximum absolute atomic E-state index is 9.12. The van der Waals surface area contributed by atoms with Crippen molar-refractivity contribution < 1.29 is 10.0 Å². The van der Waals surface area contributed by atoms with Gasteiger partial charge in [-0.2, -0.15) is 5.10 Å². The molecule has 1 aromatic carbocycles. The van der Waals surface area contributed by atoms with Gasteiger partial charge >= 0.3 is 7.12 Å². The van der Waals surface area contributed by atoms with Crippen molar-refractivity contribution in [3.8, 4) is 5.69 Å². The number of nitrogens with zero attached hydrogens (tertiary/aromatic N) is 2. The minimum Gasteiger partial charge on any atom is -0.423 e. The molecule has 2 aromatic rings. The Labute approximate surface area is 81.6 Å². The second kappa shape index (κ2) is 3.65. The lowest BCUT2D eigenvalue weighted by Gasteiger charge is -2.07. The molecule has 0 aliphatic rings. The highest BCUT2D eigenvalue weighted by Gasteiger charge is 2.16. The van der Waals surface area contributed by atoms with Crippen LogP contribution >= 0.6 is 0 Å². The lowest BCUT2D eigenvalue weighted by atomic mass is 9.79. The van der Waals surface area contributed by atoms with Gasteiger partial charge in [0.15, 0.2) is 0 Å². The second-order valence-corrected chi connectivity index (χ2v) is 2.88. The smallest absolute Gasteiger partial charge is 0.423 e. The van der Waals surface area contributed by atoms with E-state index in [9.17, 15) is 0 Å². The molecule has 0 bridgehead atoms. The number of hydrogen-bond acceptors (Lipinski definition) is 3. The molecule has 2 rings (SSSR count). The maximum atomic E-state index is 9.12. The topological polar surface area (TPSA) is 58.3 Å². The molecule has 0 spiro atoms. The fourth-order valence-corrected chi connectivity index (χ4v) is 1.33. The lowest BCUT2D eigenvalue weighted by Crippen LogP contribution is -2.33.